The van der Waals surface area contributed by atoms with Crippen LogP contribution in [0.5, 0.6) is 0 Å². The molecule has 0 spiro atoms. The number of hydrogen-bond acceptors (Lipinski definition) is 2. The second kappa shape index (κ2) is 7.22. The Morgan fingerprint density at radius 2 is 1.78 bits per heavy atom. The average molecular weight is 446 g/mol. The lowest BCUT2D eigenvalue weighted by Gasteiger charge is -2.48. The average Bonchev–Trinajstić information content (AvgIpc) is 3.51. The lowest BCUT2D eigenvalue weighted by atomic mass is 9.74. The van der Waals surface area contributed by atoms with Gasteiger partial charge in [0.15, 0.2) is 0 Å². The third-order valence-electron chi connectivity index (χ3n) is 7.50. The summed E-state index contributed by atoms with van der Waals surface area (Å²) in [5.41, 5.74) is 3.69. The number of fused-ring (bicyclic) bond motifs is 2. The lowest BCUT2D eigenvalue weighted by molar-refractivity contribution is -0.189. The highest BCUT2D eigenvalue weighted by molar-refractivity contribution is 5.93. The molecule has 3 nitrogen and oxygen atoms in total. The predicted molar refractivity (Wildman–Crippen MR) is 115 cm³/mol. The molecular weight excluding hydrogens is 420 g/mol. The van der Waals surface area contributed by atoms with E-state index in [1.807, 2.05) is 32.0 Å². The van der Waals surface area contributed by atoms with Crippen LogP contribution in [-0.2, 0) is 4.79 Å². The molecule has 1 N–H and O–H groups in total. The highest BCUT2D eigenvalue weighted by Crippen LogP contribution is 2.60. The third-order valence-corrected chi connectivity index (χ3v) is 7.50. The van der Waals surface area contributed by atoms with Gasteiger partial charge in [0.1, 0.15) is 5.82 Å². The molecule has 7 heteroatoms. The topological polar surface area (TPSA) is 32.3 Å². The van der Waals surface area contributed by atoms with Crippen molar-refractivity contribution in [1.29, 1.82) is 0 Å². The molecule has 2 atom stereocenters. The Hall–Kier alpha value is -2.57. The molecular formula is C25H26F4N2O. The molecule has 1 amide bonds. The number of halogens is 4. The van der Waals surface area contributed by atoms with Gasteiger partial charge < -0.3 is 10.2 Å². The van der Waals surface area contributed by atoms with E-state index < -0.39 is 23.9 Å². The van der Waals surface area contributed by atoms with E-state index >= 15 is 0 Å². The minimum atomic E-state index is -4.34. The minimum absolute atomic E-state index is 0.0176. The van der Waals surface area contributed by atoms with E-state index in [-0.39, 0.29) is 30.6 Å². The van der Waals surface area contributed by atoms with E-state index in [0.29, 0.717) is 5.69 Å². The number of benzene rings is 2. The number of piperidine rings is 1. The highest BCUT2D eigenvalue weighted by Gasteiger charge is 2.63. The van der Waals surface area contributed by atoms with Crippen LogP contribution in [0.1, 0.15) is 66.3 Å². The summed E-state index contributed by atoms with van der Waals surface area (Å²) in [5.74, 6) is -0.511. The monoisotopic (exact) mass is 446 g/mol. The van der Waals surface area contributed by atoms with Gasteiger partial charge in [-0.3, -0.25) is 4.79 Å². The Morgan fingerprint density at radius 1 is 1.09 bits per heavy atom. The molecule has 170 valence electrons. The molecule has 6 rings (SSSR count). The van der Waals surface area contributed by atoms with Gasteiger partial charge in [-0.25, -0.2) is 4.39 Å². The van der Waals surface area contributed by atoms with Crippen molar-refractivity contribution in [3.05, 3.63) is 58.4 Å². The third kappa shape index (κ3) is 3.46. The first-order valence-electron chi connectivity index (χ1n) is 11.1. The number of amides is 1. The second-order valence-electron chi connectivity index (χ2n) is 9.67. The maximum atomic E-state index is 13.8. The van der Waals surface area contributed by atoms with Gasteiger partial charge in [0.2, 0.25) is 5.91 Å². The molecule has 2 aliphatic heterocycles. The highest BCUT2D eigenvalue weighted by atomic mass is 19.4. The zero-order valence-corrected chi connectivity index (χ0v) is 18.2. The van der Waals surface area contributed by atoms with Gasteiger partial charge in [0.25, 0.3) is 0 Å². The minimum Gasteiger partial charge on any atom is -0.364 e. The van der Waals surface area contributed by atoms with Crippen LogP contribution in [0.3, 0.4) is 0 Å². The van der Waals surface area contributed by atoms with E-state index in [1.165, 1.54) is 11.6 Å². The molecule has 0 aromatic heterocycles. The van der Waals surface area contributed by atoms with Crippen LogP contribution in [0, 0.1) is 25.1 Å². The van der Waals surface area contributed by atoms with Crippen molar-refractivity contribution >= 4 is 17.3 Å². The maximum Gasteiger partial charge on any atom is 0.395 e. The first-order chi connectivity index (χ1) is 15.1. The quantitative estimate of drug-likeness (QED) is 0.540. The molecule has 2 bridgehead atoms. The number of rotatable bonds is 4. The van der Waals surface area contributed by atoms with Gasteiger partial charge in [-0.15, -0.1) is 0 Å². The summed E-state index contributed by atoms with van der Waals surface area (Å²) in [6.07, 6.45) is -2.80. The van der Waals surface area contributed by atoms with Crippen LogP contribution < -0.4 is 10.2 Å². The molecule has 2 unspecified atom stereocenters. The Kier molecular flexibility index (Phi) is 4.80. The van der Waals surface area contributed by atoms with E-state index in [2.05, 4.69) is 10.2 Å². The Bertz CT molecular complexity index is 1070. The van der Waals surface area contributed by atoms with Crippen LogP contribution in [0.2, 0.25) is 0 Å². The van der Waals surface area contributed by atoms with Gasteiger partial charge in [0.05, 0.1) is 11.5 Å². The van der Waals surface area contributed by atoms with Crippen molar-refractivity contribution in [2.45, 2.75) is 64.1 Å². The fourth-order valence-corrected chi connectivity index (χ4v) is 5.54. The van der Waals surface area contributed by atoms with Crippen LogP contribution >= 0.6 is 0 Å². The van der Waals surface area contributed by atoms with Crippen molar-refractivity contribution in [2.24, 2.45) is 5.41 Å². The van der Waals surface area contributed by atoms with E-state index in [0.717, 1.165) is 41.8 Å². The number of alkyl halides is 3. The van der Waals surface area contributed by atoms with Crippen molar-refractivity contribution in [2.75, 3.05) is 16.8 Å². The van der Waals surface area contributed by atoms with Crippen LogP contribution in [0.15, 0.2) is 30.3 Å². The number of carbonyl (C=O) groups excluding carboxylic acids is 1. The van der Waals surface area contributed by atoms with Crippen LogP contribution in [-0.4, -0.2) is 18.6 Å². The largest absolute Gasteiger partial charge is 0.395 e. The number of nitrogens with zero attached hydrogens (tertiary/aromatic N) is 1. The van der Waals surface area contributed by atoms with Crippen molar-refractivity contribution in [3.63, 3.8) is 0 Å². The maximum absolute atomic E-state index is 13.8. The Labute approximate surface area is 184 Å². The smallest absolute Gasteiger partial charge is 0.364 e. The summed E-state index contributed by atoms with van der Waals surface area (Å²) in [4.78, 5) is 14.8. The molecule has 0 radical (unpaired) electrons. The first kappa shape index (κ1) is 21.3. The first-order valence-corrected chi connectivity index (χ1v) is 11.1. The Morgan fingerprint density at radius 3 is 2.41 bits per heavy atom. The van der Waals surface area contributed by atoms with Gasteiger partial charge >= 0.3 is 6.18 Å². The lowest BCUT2D eigenvalue weighted by Crippen LogP contribution is -2.42. The molecule has 2 heterocycles. The summed E-state index contributed by atoms with van der Waals surface area (Å²) < 4.78 is 53.4. The number of hydrogen-bond donors (Lipinski definition) is 1. The van der Waals surface area contributed by atoms with Gasteiger partial charge in [-0.2, -0.15) is 13.2 Å². The molecule has 2 aliphatic carbocycles. The molecule has 1 saturated heterocycles. The normalized spacial score (nSPS) is 23.1. The fourth-order valence-electron chi connectivity index (χ4n) is 5.54. The molecule has 2 aromatic rings. The molecule has 1 saturated carbocycles. The molecule has 4 aliphatic rings. The number of nitrogens with one attached hydrogen (secondary N) is 1. The van der Waals surface area contributed by atoms with Crippen LogP contribution in [0.25, 0.3) is 0 Å². The summed E-state index contributed by atoms with van der Waals surface area (Å²) in [5, 5.41) is 2.73. The van der Waals surface area contributed by atoms with Crippen molar-refractivity contribution in [1.82, 2.24) is 0 Å². The number of carbonyl (C=O) groups is 1. The van der Waals surface area contributed by atoms with Crippen molar-refractivity contribution in [3.8, 4) is 0 Å². The zero-order chi connectivity index (χ0) is 22.8. The number of anilines is 2. The zero-order valence-electron chi connectivity index (χ0n) is 18.2. The van der Waals surface area contributed by atoms with Crippen LogP contribution in [0.4, 0.5) is 28.9 Å². The van der Waals surface area contributed by atoms with Gasteiger partial charge in [-0.05, 0) is 86.1 Å². The fraction of sp³-hybridized carbons (Fsp3) is 0.480. The van der Waals surface area contributed by atoms with E-state index in [1.54, 1.807) is 6.07 Å². The summed E-state index contributed by atoms with van der Waals surface area (Å²) in [6, 6.07) is 9.21. The Balaban J connectivity index is 1.37. The van der Waals surface area contributed by atoms with E-state index in [9.17, 15) is 22.4 Å². The van der Waals surface area contributed by atoms with E-state index in [4.69, 9.17) is 0 Å². The van der Waals surface area contributed by atoms with Crippen molar-refractivity contribution < 1.29 is 22.4 Å². The van der Waals surface area contributed by atoms with Gasteiger partial charge in [-0.1, -0.05) is 6.07 Å². The molecule has 2 aromatic carbocycles. The summed E-state index contributed by atoms with van der Waals surface area (Å²) in [6.45, 7) is 4.54. The molecule has 32 heavy (non-hydrogen) atoms. The molecule has 2 fully saturated rings. The standard InChI is InChI=1S/C25H26F4N2O/c1-14-9-18(31-13-16-3-6-21(31)19-5-4-17(26)11-20(16)19)10-15(2)23(14)30-22(32)12-24(7-8-24)25(27,28)29/h4-5,9-11,16,21H,3,6-8,12-13H2,1-2H3,(H,30,32). The van der Waals surface area contributed by atoms with Gasteiger partial charge in [0, 0.05) is 30.3 Å². The summed E-state index contributed by atoms with van der Waals surface area (Å²) >= 11 is 0. The predicted octanol–water partition coefficient (Wildman–Crippen LogP) is 6.55. The SMILES string of the molecule is Cc1cc(N2CC3CCC2c2ccc(F)cc23)cc(C)c1NC(=O)CC1(C(F)(F)F)CC1. The second-order valence-corrected chi connectivity index (χ2v) is 9.67. The summed E-state index contributed by atoms with van der Waals surface area (Å²) in [7, 11) is 0. The number of aryl methyl sites for hydroxylation is 2.